The van der Waals surface area contributed by atoms with Crippen LogP contribution in [0, 0.1) is 3.95 Å². The first-order valence-electron chi connectivity index (χ1n) is 4.23. The van der Waals surface area contributed by atoms with Gasteiger partial charge in [-0.3, -0.25) is 5.10 Å². The molecule has 1 heterocycles. The van der Waals surface area contributed by atoms with Gasteiger partial charge in [0.05, 0.1) is 0 Å². The Bertz CT molecular complexity index is 590. The Morgan fingerprint density at radius 3 is 3.06 bits per heavy atom. The van der Waals surface area contributed by atoms with Crippen LogP contribution in [0.3, 0.4) is 0 Å². The molecule has 0 radical (unpaired) electrons. The van der Waals surface area contributed by atoms with Crippen LogP contribution in [-0.4, -0.2) is 21.5 Å². The first-order chi connectivity index (χ1) is 7.65. The van der Waals surface area contributed by atoms with Crippen molar-refractivity contribution in [1.29, 1.82) is 0 Å². The number of nitrogens with one attached hydrogen (secondary N) is 1. The molecule has 1 aromatic carbocycles. The van der Waals surface area contributed by atoms with Crippen molar-refractivity contribution in [1.82, 2.24) is 10.2 Å². The largest absolute Gasteiger partial charge is 0.507 e. The number of phenolic OH excluding ortho intramolecular Hbond substituents is 1. The van der Waals surface area contributed by atoms with Crippen molar-refractivity contribution in [3.63, 3.8) is 0 Å². The summed E-state index contributed by atoms with van der Waals surface area (Å²) in [5.41, 5.74) is 0.621. The van der Waals surface area contributed by atoms with Crippen LogP contribution in [0.2, 0.25) is 0 Å². The van der Waals surface area contributed by atoms with Gasteiger partial charge in [0.1, 0.15) is 5.75 Å². The molecule has 4 nitrogen and oxygen atoms in total. The summed E-state index contributed by atoms with van der Waals surface area (Å²) in [7, 11) is 0. The molecule has 0 saturated heterocycles. The molecular weight excluding hydrogens is 310 g/mol. The number of hydrogen-bond acceptors (Lipinski definition) is 5. The van der Waals surface area contributed by atoms with E-state index in [0.29, 0.717) is 14.6 Å². The average Bonchev–Trinajstić information content (AvgIpc) is 2.66. The van der Waals surface area contributed by atoms with Crippen LogP contribution in [0.1, 0.15) is 5.56 Å². The second kappa shape index (κ2) is 4.86. The van der Waals surface area contributed by atoms with E-state index in [-0.39, 0.29) is 5.75 Å². The summed E-state index contributed by atoms with van der Waals surface area (Å²) in [6, 6.07) is 5.12. The molecule has 0 aliphatic heterocycles. The molecule has 2 N–H and O–H groups in total. The molecule has 16 heavy (non-hydrogen) atoms. The highest BCUT2D eigenvalue weighted by atomic mass is 79.9. The van der Waals surface area contributed by atoms with Crippen molar-refractivity contribution >= 4 is 50.8 Å². The SMILES string of the molecule is Oc1ccc(Br)cc1C=Nc1n[nH]c(=S)s1. The number of aromatic nitrogens is 2. The zero-order chi connectivity index (χ0) is 11.5. The Morgan fingerprint density at radius 2 is 2.38 bits per heavy atom. The van der Waals surface area contributed by atoms with E-state index >= 15 is 0 Å². The summed E-state index contributed by atoms with van der Waals surface area (Å²) in [4.78, 5) is 4.10. The summed E-state index contributed by atoms with van der Waals surface area (Å²) >= 11 is 9.47. The lowest BCUT2D eigenvalue weighted by molar-refractivity contribution is 0.474. The zero-order valence-corrected chi connectivity index (χ0v) is 11.1. The molecule has 0 aliphatic carbocycles. The van der Waals surface area contributed by atoms with Gasteiger partial charge in [0.25, 0.3) is 0 Å². The smallest absolute Gasteiger partial charge is 0.230 e. The van der Waals surface area contributed by atoms with Crippen molar-refractivity contribution in [3.05, 3.63) is 32.2 Å². The molecule has 0 bridgehead atoms. The average molecular weight is 316 g/mol. The molecule has 0 unspecified atom stereocenters. The molecule has 0 saturated carbocycles. The van der Waals surface area contributed by atoms with Crippen molar-refractivity contribution < 1.29 is 5.11 Å². The fourth-order valence-corrected chi connectivity index (χ4v) is 2.13. The van der Waals surface area contributed by atoms with E-state index in [0.717, 1.165) is 4.47 Å². The summed E-state index contributed by atoms with van der Waals surface area (Å²) < 4.78 is 1.45. The van der Waals surface area contributed by atoms with Gasteiger partial charge in [0.2, 0.25) is 5.13 Å². The first kappa shape index (κ1) is 11.4. The predicted octanol–water partition coefficient (Wildman–Crippen LogP) is 3.42. The highest BCUT2D eigenvalue weighted by Gasteiger charge is 1.99. The number of phenols is 1. The quantitative estimate of drug-likeness (QED) is 0.659. The molecular formula is C9H6BrN3OS2. The zero-order valence-electron chi connectivity index (χ0n) is 7.85. The monoisotopic (exact) mass is 315 g/mol. The van der Waals surface area contributed by atoms with Gasteiger partial charge >= 0.3 is 0 Å². The molecule has 7 heteroatoms. The Kier molecular flexibility index (Phi) is 3.47. The highest BCUT2D eigenvalue weighted by Crippen LogP contribution is 2.21. The minimum Gasteiger partial charge on any atom is -0.507 e. The summed E-state index contributed by atoms with van der Waals surface area (Å²) in [5, 5.41) is 16.6. The maximum atomic E-state index is 9.56. The van der Waals surface area contributed by atoms with Crippen molar-refractivity contribution in [2.24, 2.45) is 4.99 Å². The van der Waals surface area contributed by atoms with Crippen molar-refractivity contribution in [2.45, 2.75) is 0 Å². The number of hydrogen-bond donors (Lipinski definition) is 2. The summed E-state index contributed by atoms with van der Waals surface area (Å²) in [6.45, 7) is 0. The van der Waals surface area contributed by atoms with Gasteiger partial charge in [0.15, 0.2) is 3.95 Å². The Morgan fingerprint density at radius 1 is 1.56 bits per heavy atom. The normalized spacial score (nSPS) is 11.1. The number of aromatic hydroxyl groups is 1. The molecule has 0 amide bonds. The van der Waals surface area contributed by atoms with Crippen molar-refractivity contribution in [2.75, 3.05) is 0 Å². The molecule has 2 aromatic rings. The second-order valence-corrected chi connectivity index (χ2v) is 5.42. The lowest BCUT2D eigenvalue weighted by Crippen LogP contribution is -1.82. The Hall–Kier alpha value is -1.05. The standard InChI is InChI=1S/C9H6BrN3OS2/c10-6-1-2-7(14)5(3-6)4-11-8-12-13-9(15)16-8/h1-4,14H,(H,13,15). The summed E-state index contributed by atoms with van der Waals surface area (Å²) in [6.07, 6.45) is 1.54. The summed E-state index contributed by atoms with van der Waals surface area (Å²) in [5.74, 6) is 0.172. The minimum absolute atomic E-state index is 0.172. The molecule has 1 aromatic heterocycles. The number of nitrogens with zero attached hydrogens (tertiary/aromatic N) is 2. The van der Waals surface area contributed by atoms with Crippen LogP contribution in [0.4, 0.5) is 5.13 Å². The van der Waals surface area contributed by atoms with Crippen molar-refractivity contribution in [3.8, 4) is 5.75 Å². The van der Waals surface area contributed by atoms with E-state index in [1.165, 1.54) is 11.3 Å². The topological polar surface area (TPSA) is 61.3 Å². The van der Waals surface area contributed by atoms with E-state index in [2.05, 4.69) is 31.1 Å². The van der Waals surface area contributed by atoms with E-state index < -0.39 is 0 Å². The number of H-pyrrole nitrogens is 1. The van der Waals surface area contributed by atoms with E-state index in [4.69, 9.17) is 12.2 Å². The number of aromatic amines is 1. The van der Waals surface area contributed by atoms with Crippen LogP contribution in [0.15, 0.2) is 27.7 Å². The molecule has 0 atom stereocenters. The van der Waals surface area contributed by atoms with Crippen LogP contribution < -0.4 is 0 Å². The fourth-order valence-electron chi connectivity index (χ4n) is 1.03. The molecule has 0 fully saturated rings. The maximum absolute atomic E-state index is 9.56. The molecule has 0 aliphatic rings. The molecule has 82 valence electrons. The maximum Gasteiger partial charge on any atom is 0.230 e. The van der Waals surface area contributed by atoms with Gasteiger partial charge in [-0.1, -0.05) is 27.3 Å². The van der Waals surface area contributed by atoms with Crippen LogP contribution >= 0.6 is 39.5 Å². The second-order valence-electron chi connectivity index (χ2n) is 2.86. The van der Waals surface area contributed by atoms with E-state index in [1.54, 1.807) is 24.4 Å². The number of benzene rings is 1. The predicted molar refractivity (Wildman–Crippen MR) is 70.4 cm³/mol. The third-order valence-electron chi connectivity index (χ3n) is 1.73. The van der Waals surface area contributed by atoms with E-state index in [1.807, 2.05) is 0 Å². The number of rotatable bonds is 2. The number of aliphatic imine (C=N–C) groups is 1. The Balaban J connectivity index is 2.29. The van der Waals surface area contributed by atoms with Gasteiger partial charge < -0.3 is 5.11 Å². The van der Waals surface area contributed by atoms with Gasteiger partial charge in [-0.2, -0.15) is 0 Å². The highest BCUT2D eigenvalue weighted by molar-refractivity contribution is 9.10. The molecule has 2 rings (SSSR count). The van der Waals surface area contributed by atoms with Gasteiger partial charge in [-0.15, -0.1) is 5.10 Å². The first-order valence-corrected chi connectivity index (χ1v) is 6.25. The van der Waals surface area contributed by atoms with E-state index in [9.17, 15) is 5.11 Å². The third-order valence-corrected chi connectivity index (χ3v) is 3.22. The lowest BCUT2D eigenvalue weighted by Gasteiger charge is -1.97. The Labute approximate surface area is 109 Å². The van der Waals surface area contributed by atoms with Crippen LogP contribution in [-0.2, 0) is 0 Å². The fraction of sp³-hybridized carbons (Fsp3) is 0. The number of halogens is 1. The van der Waals surface area contributed by atoms with Gasteiger partial charge in [-0.25, -0.2) is 4.99 Å². The van der Waals surface area contributed by atoms with Gasteiger partial charge in [0, 0.05) is 16.3 Å². The molecule has 0 spiro atoms. The van der Waals surface area contributed by atoms with Crippen LogP contribution in [0.25, 0.3) is 0 Å². The van der Waals surface area contributed by atoms with Crippen LogP contribution in [0.5, 0.6) is 5.75 Å². The lowest BCUT2D eigenvalue weighted by atomic mass is 10.2. The third kappa shape index (κ3) is 2.75. The minimum atomic E-state index is 0.172. The van der Waals surface area contributed by atoms with Gasteiger partial charge in [-0.05, 0) is 30.4 Å².